The highest BCUT2D eigenvalue weighted by atomic mass is 35.5. The van der Waals surface area contributed by atoms with Crippen LogP contribution in [0.1, 0.15) is 10.5 Å². The molecule has 0 saturated heterocycles. The number of hydrogen-bond acceptors (Lipinski definition) is 2. The quantitative estimate of drug-likeness (QED) is 0.617. The number of Topliss-reactive ketones (excluding diaryl/α,β-unsaturated/α-hetero) is 1. The molecular formula is C10H13ClF3NOSi. The Balaban J connectivity index is 0.00000256. The molecule has 1 rings (SSSR count). The molecule has 96 valence electrons. The standard InChI is InChI=1S/C10H12F3NOSi.ClH/c1-16(2,3)7-4-5-14-8(6-7)9(15)10(11,12)13;/h4-6H,1-3H3;1H. The van der Waals surface area contributed by atoms with E-state index in [0.717, 1.165) is 5.19 Å². The number of rotatable bonds is 2. The third kappa shape index (κ3) is 4.12. The number of hydrogen-bond donors (Lipinski definition) is 0. The van der Waals surface area contributed by atoms with Crippen LogP contribution in [0.25, 0.3) is 0 Å². The summed E-state index contributed by atoms with van der Waals surface area (Å²) in [7, 11) is -1.73. The fraction of sp³-hybridized carbons (Fsp3) is 0.400. The second-order valence-corrected chi connectivity index (χ2v) is 9.58. The number of ketones is 1. The van der Waals surface area contributed by atoms with E-state index in [1.807, 2.05) is 19.6 Å². The first-order chi connectivity index (χ1) is 7.12. The average Bonchev–Trinajstić information content (AvgIpc) is 2.14. The van der Waals surface area contributed by atoms with Gasteiger partial charge in [-0.3, -0.25) is 9.78 Å². The predicted molar refractivity (Wildman–Crippen MR) is 64.9 cm³/mol. The Morgan fingerprint density at radius 2 is 1.82 bits per heavy atom. The van der Waals surface area contributed by atoms with Gasteiger partial charge in [-0.2, -0.15) is 13.2 Å². The molecule has 0 aliphatic heterocycles. The van der Waals surface area contributed by atoms with Crippen LogP contribution < -0.4 is 5.19 Å². The van der Waals surface area contributed by atoms with Gasteiger partial charge in [0.05, 0.1) is 8.07 Å². The van der Waals surface area contributed by atoms with E-state index in [9.17, 15) is 18.0 Å². The molecule has 17 heavy (non-hydrogen) atoms. The van der Waals surface area contributed by atoms with E-state index >= 15 is 0 Å². The molecule has 7 heteroatoms. The van der Waals surface area contributed by atoms with E-state index in [0.29, 0.717) is 0 Å². The third-order valence-electron chi connectivity index (χ3n) is 2.12. The van der Waals surface area contributed by atoms with Crippen LogP contribution >= 0.6 is 12.4 Å². The Kier molecular flexibility index (Phi) is 4.91. The topological polar surface area (TPSA) is 30.0 Å². The second-order valence-electron chi connectivity index (χ2n) is 4.51. The van der Waals surface area contributed by atoms with Crippen molar-refractivity contribution in [2.75, 3.05) is 0 Å². The Labute approximate surface area is 105 Å². The van der Waals surface area contributed by atoms with Gasteiger partial charge < -0.3 is 0 Å². The summed E-state index contributed by atoms with van der Waals surface area (Å²) < 4.78 is 36.6. The fourth-order valence-corrected chi connectivity index (χ4v) is 2.31. The van der Waals surface area contributed by atoms with Gasteiger partial charge in [0.25, 0.3) is 5.78 Å². The summed E-state index contributed by atoms with van der Waals surface area (Å²) in [4.78, 5) is 14.4. The van der Waals surface area contributed by atoms with Crippen molar-refractivity contribution in [3.63, 3.8) is 0 Å². The van der Waals surface area contributed by atoms with Gasteiger partial charge in [-0.05, 0) is 12.1 Å². The SMILES string of the molecule is C[Si](C)(C)c1ccnc(C(=O)C(F)(F)F)c1.Cl. The maximum absolute atomic E-state index is 12.2. The molecule has 0 amide bonds. The molecule has 0 fully saturated rings. The average molecular weight is 284 g/mol. The van der Waals surface area contributed by atoms with Crippen molar-refractivity contribution in [3.05, 3.63) is 24.0 Å². The van der Waals surface area contributed by atoms with Crippen molar-refractivity contribution in [3.8, 4) is 0 Å². The number of nitrogens with zero attached hydrogens (tertiary/aromatic N) is 1. The molecule has 0 aliphatic carbocycles. The van der Waals surface area contributed by atoms with Gasteiger partial charge in [0.1, 0.15) is 5.69 Å². The molecule has 0 radical (unpaired) electrons. The van der Waals surface area contributed by atoms with Crippen molar-refractivity contribution < 1.29 is 18.0 Å². The number of carbonyl (C=O) groups is 1. The largest absolute Gasteiger partial charge is 0.456 e. The summed E-state index contributed by atoms with van der Waals surface area (Å²) in [5.74, 6) is -1.88. The summed E-state index contributed by atoms with van der Waals surface area (Å²) >= 11 is 0. The monoisotopic (exact) mass is 283 g/mol. The van der Waals surface area contributed by atoms with Crippen LogP contribution in [-0.4, -0.2) is 25.0 Å². The van der Waals surface area contributed by atoms with Gasteiger partial charge in [0.2, 0.25) is 0 Å². The van der Waals surface area contributed by atoms with Crippen LogP contribution in [-0.2, 0) is 0 Å². The first kappa shape index (κ1) is 16.1. The summed E-state index contributed by atoms with van der Waals surface area (Å²) in [6.45, 7) is 5.97. The predicted octanol–water partition coefficient (Wildman–Crippen LogP) is 2.79. The van der Waals surface area contributed by atoms with E-state index in [1.165, 1.54) is 12.3 Å². The molecule has 0 unspecified atom stereocenters. The molecule has 1 aromatic rings. The second kappa shape index (κ2) is 5.18. The summed E-state index contributed by atoms with van der Waals surface area (Å²) in [5, 5.41) is 0.787. The lowest BCUT2D eigenvalue weighted by molar-refractivity contribution is -0.0888. The van der Waals surface area contributed by atoms with Crippen LogP contribution in [0.3, 0.4) is 0 Å². The Morgan fingerprint density at radius 3 is 2.24 bits per heavy atom. The van der Waals surface area contributed by atoms with Gasteiger partial charge in [-0.25, -0.2) is 0 Å². The molecule has 0 saturated carbocycles. The molecule has 1 aromatic heterocycles. The summed E-state index contributed by atoms with van der Waals surface area (Å²) in [5.41, 5.74) is -0.521. The van der Waals surface area contributed by atoms with Gasteiger partial charge >= 0.3 is 6.18 Å². The van der Waals surface area contributed by atoms with E-state index in [-0.39, 0.29) is 12.4 Å². The zero-order chi connectivity index (χ0) is 12.6. The Morgan fingerprint density at radius 1 is 1.29 bits per heavy atom. The minimum Gasteiger partial charge on any atom is -0.282 e. The molecule has 1 heterocycles. The van der Waals surface area contributed by atoms with Gasteiger partial charge in [0, 0.05) is 6.20 Å². The molecule has 0 atom stereocenters. The molecule has 2 nitrogen and oxygen atoms in total. The molecule has 0 aromatic carbocycles. The Hall–Kier alpha value is -0.883. The lowest BCUT2D eigenvalue weighted by atomic mass is 10.2. The highest BCUT2D eigenvalue weighted by molar-refractivity contribution is 6.88. The number of halogens is 4. The molecule has 0 spiro atoms. The van der Waals surface area contributed by atoms with Gasteiger partial charge in [-0.15, -0.1) is 12.4 Å². The van der Waals surface area contributed by atoms with E-state index in [4.69, 9.17) is 0 Å². The Bertz CT molecular complexity index is 415. The first-order valence-electron chi connectivity index (χ1n) is 4.70. The molecular weight excluding hydrogens is 271 g/mol. The lowest BCUT2D eigenvalue weighted by Crippen LogP contribution is -2.38. The minimum atomic E-state index is -4.86. The van der Waals surface area contributed by atoms with Crippen molar-refractivity contribution in [2.45, 2.75) is 25.8 Å². The van der Waals surface area contributed by atoms with E-state index < -0.39 is 25.7 Å². The number of pyridine rings is 1. The normalized spacial score (nSPS) is 11.9. The van der Waals surface area contributed by atoms with Crippen LogP contribution in [0.5, 0.6) is 0 Å². The van der Waals surface area contributed by atoms with E-state index in [1.54, 1.807) is 6.07 Å². The summed E-state index contributed by atoms with van der Waals surface area (Å²) in [6.07, 6.45) is -3.60. The number of carbonyl (C=O) groups excluding carboxylic acids is 1. The van der Waals surface area contributed by atoms with Crippen LogP contribution in [0, 0.1) is 0 Å². The highest BCUT2D eigenvalue weighted by Crippen LogP contribution is 2.20. The van der Waals surface area contributed by atoms with Crippen molar-refractivity contribution in [2.24, 2.45) is 0 Å². The summed E-state index contributed by atoms with van der Waals surface area (Å²) in [6, 6.07) is 2.92. The zero-order valence-corrected chi connectivity index (χ0v) is 11.4. The minimum absolute atomic E-state index is 0. The van der Waals surface area contributed by atoms with Crippen molar-refractivity contribution >= 4 is 31.5 Å². The lowest BCUT2D eigenvalue weighted by Gasteiger charge is -2.16. The highest BCUT2D eigenvalue weighted by Gasteiger charge is 2.40. The third-order valence-corrected chi connectivity index (χ3v) is 4.16. The molecule has 0 N–H and O–H groups in total. The number of aromatic nitrogens is 1. The van der Waals surface area contributed by atoms with Crippen LogP contribution in [0.2, 0.25) is 19.6 Å². The smallest absolute Gasteiger partial charge is 0.282 e. The van der Waals surface area contributed by atoms with Crippen molar-refractivity contribution in [1.29, 1.82) is 0 Å². The fourth-order valence-electron chi connectivity index (χ4n) is 1.17. The first-order valence-corrected chi connectivity index (χ1v) is 8.20. The van der Waals surface area contributed by atoms with Gasteiger partial charge in [0.15, 0.2) is 0 Å². The number of alkyl halides is 3. The maximum atomic E-state index is 12.2. The molecule has 0 aliphatic rings. The molecule has 0 bridgehead atoms. The van der Waals surface area contributed by atoms with Crippen LogP contribution in [0.4, 0.5) is 13.2 Å². The van der Waals surface area contributed by atoms with E-state index in [2.05, 4.69) is 4.98 Å². The zero-order valence-electron chi connectivity index (χ0n) is 9.63. The van der Waals surface area contributed by atoms with Crippen molar-refractivity contribution in [1.82, 2.24) is 4.98 Å². The van der Waals surface area contributed by atoms with Crippen LogP contribution in [0.15, 0.2) is 18.3 Å². The van der Waals surface area contributed by atoms with Gasteiger partial charge in [-0.1, -0.05) is 24.8 Å². The maximum Gasteiger partial charge on any atom is 0.456 e.